The number of hydrogen-bond donors (Lipinski definition) is 0. The maximum atomic E-state index is 12.8. The highest BCUT2D eigenvalue weighted by Gasteiger charge is 2.20. The van der Waals surface area contributed by atoms with Gasteiger partial charge in [-0.05, 0) is 12.8 Å². The van der Waals surface area contributed by atoms with Gasteiger partial charge in [-0.1, -0.05) is 277 Å². The normalized spacial score (nSPS) is 13.4. The summed E-state index contributed by atoms with van der Waals surface area (Å²) in [5.74, 6) is -0.323. The molecule has 0 aromatic rings. The van der Waals surface area contributed by atoms with Crippen molar-refractivity contribution in [1.82, 2.24) is 0 Å². The van der Waals surface area contributed by atoms with E-state index in [-0.39, 0.29) is 25.8 Å². The second-order valence-corrected chi connectivity index (χ2v) is 22.4. The summed E-state index contributed by atoms with van der Waals surface area (Å²) in [6.07, 6.45) is 57.1. The SMILES string of the molecule is CCCCCCCCCCCCCCCCCCCCCCCCCOCC(COP(=O)([O-])OCC[N+](C)(C)C)OC(=O)CCCCCCCCCCCCCCCCCCCCCC. The summed E-state index contributed by atoms with van der Waals surface area (Å²) in [5.41, 5.74) is 0. The fraction of sp³-hybridized carbons (Fsp3) is 0.982. The van der Waals surface area contributed by atoms with E-state index < -0.39 is 13.9 Å². The number of unbranched alkanes of at least 4 members (excludes halogenated alkanes) is 41. The molecule has 0 N–H and O–H groups in total. The lowest BCUT2D eigenvalue weighted by Crippen LogP contribution is -2.37. The standard InChI is InChI=1S/C56H114NO7P/c1-6-8-10-12-14-16-18-20-22-24-26-28-29-30-32-34-36-38-40-42-44-46-48-51-61-53-55(54-63-65(59,60)62-52-50-57(3,4)5)64-56(58)49-47-45-43-41-39-37-35-33-31-27-25-23-21-19-17-15-13-11-9-7-2/h55H,6-54H2,1-5H3. The first-order chi connectivity index (χ1) is 31.6. The molecule has 9 heteroatoms. The Balaban J connectivity index is 4.01. The van der Waals surface area contributed by atoms with E-state index in [0.29, 0.717) is 24.1 Å². The Kier molecular flexibility index (Phi) is 49.5. The van der Waals surface area contributed by atoms with Crippen LogP contribution in [0.15, 0.2) is 0 Å². The van der Waals surface area contributed by atoms with Crippen molar-refractivity contribution in [2.24, 2.45) is 0 Å². The minimum absolute atomic E-state index is 0.0320. The highest BCUT2D eigenvalue weighted by atomic mass is 31.2. The van der Waals surface area contributed by atoms with E-state index in [0.717, 1.165) is 32.1 Å². The summed E-state index contributed by atoms with van der Waals surface area (Å²) in [4.78, 5) is 25.2. The smallest absolute Gasteiger partial charge is 0.306 e. The van der Waals surface area contributed by atoms with Gasteiger partial charge in [-0.2, -0.15) is 0 Å². The Hall–Kier alpha value is -0.500. The van der Waals surface area contributed by atoms with Gasteiger partial charge >= 0.3 is 5.97 Å². The number of phosphoric ester groups is 1. The summed E-state index contributed by atoms with van der Waals surface area (Å²) in [5, 5.41) is 0. The largest absolute Gasteiger partial charge is 0.756 e. The topological polar surface area (TPSA) is 94.1 Å². The van der Waals surface area contributed by atoms with Crippen molar-refractivity contribution >= 4 is 13.8 Å². The van der Waals surface area contributed by atoms with Crippen LogP contribution in [0.2, 0.25) is 0 Å². The maximum Gasteiger partial charge on any atom is 0.306 e. The van der Waals surface area contributed by atoms with E-state index in [4.69, 9.17) is 18.5 Å². The van der Waals surface area contributed by atoms with Crippen LogP contribution in [0, 0.1) is 0 Å². The zero-order chi connectivity index (χ0) is 47.6. The molecule has 0 bridgehead atoms. The van der Waals surface area contributed by atoms with Crippen molar-refractivity contribution in [2.45, 2.75) is 302 Å². The van der Waals surface area contributed by atoms with E-state index in [2.05, 4.69) is 13.8 Å². The van der Waals surface area contributed by atoms with Crippen LogP contribution in [-0.2, 0) is 27.9 Å². The van der Waals surface area contributed by atoms with Crippen LogP contribution in [-0.4, -0.2) is 70.7 Å². The molecule has 0 spiro atoms. The zero-order valence-corrected chi connectivity index (χ0v) is 45.4. The number of carbonyl (C=O) groups is 1. The van der Waals surface area contributed by atoms with E-state index in [1.807, 2.05) is 21.1 Å². The Morgan fingerprint density at radius 2 is 0.708 bits per heavy atom. The third kappa shape index (κ3) is 54.3. The summed E-state index contributed by atoms with van der Waals surface area (Å²) >= 11 is 0. The van der Waals surface area contributed by atoms with Crippen molar-refractivity contribution in [2.75, 3.05) is 54.1 Å². The van der Waals surface area contributed by atoms with Gasteiger partial charge in [0.2, 0.25) is 0 Å². The van der Waals surface area contributed by atoms with Gasteiger partial charge in [-0.25, -0.2) is 0 Å². The van der Waals surface area contributed by atoms with Crippen LogP contribution >= 0.6 is 7.82 Å². The molecule has 65 heavy (non-hydrogen) atoms. The number of carbonyl (C=O) groups excluding carboxylic acids is 1. The number of quaternary nitrogens is 1. The van der Waals surface area contributed by atoms with Gasteiger partial charge in [-0.3, -0.25) is 9.36 Å². The lowest BCUT2D eigenvalue weighted by Gasteiger charge is -2.28. The van der Waals surface area contributed by atoms with E-state index >= 15 is 0 Å². The third-order valence-corrected chi connectivity index (χ3v) is 14.1. The minimum atomic E-state index is -4.53. The first kappa shape index (κ1) is 64.5. The van der Waals surface area contributed by atoms with Crippen molar-refractivity contribution in [3.8, 4) is 0 Å². The average Bonchev–Trinajstić information content (AvgIpc) is 3.27. The Morgan fingerprint density at radius 3 is 1.02 bits per heavy atom. The monoisotopic (exact) mass is 944 g/mol. The first-order valence-electron chi connectivity index (χ1n) is 28.8. The van der Waals surface area contributed by atoms with Gasteiger partial charge in [0.1, 0.15) is 19.3 Å². The molecule has 0 aromatic heterocycles. The summed E-state index contributed by atoms with van der Waals surface area (Å²) in [6, 6.07) is 0. The lowest BCUT2D eigenvalue weighted by molar-refractivity contribution is -0.870. The van der Waals surface area contributed by atoms with Gasteiger partial charge in [-0.15, -0.1) is 0 Å². The number of nitrogens with zero attached hydrogens (tertiary/aromatic N) is 1. The van der Waals surface area contributed by atoms with Gasteiger partial charge in [0.25, 0.3) is 7.82 Å². The predicted molar refractivity (Wildman–Crippen MR) is 278 cm³/mol. The zero-order valence-electron chi connectivity index (χ0n) is 44.5. The number of likely N-dealkylation sites (N-methyl/N-ethyl adjacent to an activating group) is 1. The van der Waals surface area contributed by atoms with Gasteiger partial charge in [0, 0.05) is 13.0 Å². The van der Waals surface area contributed by atoms with Crippen LogP contribution in [0.5, 0.6) is 0 Å². The van der Waals surface area contributed by atoms with Crippen molar-refractivity contribution in [1.29, 1.82) is 0 Å². The average molecular weight is 945 g/mol. The molecule has 0 saturated heterocycles. The highest BCUT2D eigenvalue weighted by Crippen LogP contribution is 2.38. The molecule has 0 aromatic carbocycles. The molecule has 0 saturated carbocycles. The Morgan fingerprint density at radius 1 is 0.415 bits per heavy atom. The van der Waals surface area contributed by atoms with Crippen molar-refractivity contribution in [3.05, 3.63) is 0 Å². The molecule has 8 nitrogen and oxygen atoms in total. The summed E-state index contributed by atoms with van der Waals surface area (Å²) in [6.45, 7) is 5.51. The number of ether oxygens (including phenoxy) is 2. The fourth-order valence-electron chi connectivity index (χ4n) is 8.73. The molecule has 0 heterocycles. The van der Waals surface area contributed by atoms with Crippen LogP contribution < -0.4 is 4.89 Å². The van der Waals surface area contributed by atoms with Crippen LogP contribution in [0.3, 0.4) is 0 Å². The molecule has 0 aliphatic carbocycles. The molecular weight excluding hydrogens is 830 g/mol. The van der Waals surface area contributed by atoms with Gasteiger partial charge in [0.15, 0.2) is 0 Å². The second-order valence-electron chi connectivity index (χ2n) is 21.0. The van der Waals surface area contributed by atoms with E-state index in [1.54, 1.807) is 0 Å². The molecule has 2 unspecified atom stereocenters. The number of rotatable bonds is 55. The Bertz CT molecular complexity index is 1010. The minimum Gasteiger partial charge on any atom is -0.756 e. The number of esters is 1. The van der Waals surface area contributed by atoms with Crippen molar-refractivity contribution in [3.63, 3.8) is 0 Å². The summed E-state index contributed by atoms with van der Waals surface area (Å²) < 4.78 is 34.9. The van der Waals surface area contributed by atoms with E-state index in [9.17, 15) is 14.3 Å². The molecular formula is C56H114NO7P. The first-order valence-corrected chi connectivity index (χ1v) is 30.2. The van der Waals surface area contributed by atoms with E-state index in [1.165, 1.54) is 244 Å². The number of phosphoric acid groups is 1. The third-order valence-electron chi connectivity index (χ3n) is 13.2. The predicted octanol–water partition coefficient (Wildman–Crippen LogP) is 17.3. The van der Waals surface area contributed by atoms with Gasteiger partial charge < -0.3 is 27.9 Å². The van der Waals surface area contributed by atoms with Crippen molar-refractivity contribution < 1.29 is 37.3 Å². The van der Waals surface area contributed by atoms with Crippen LogP contribution in [0.25, 0.3) is 0 Å². The molecule has 0 fully saturated rings. The molecule has 2 atom stereocenters. The van der Waals surface area contributed by atoms with Crippen LogP contribution in [0.4, 0.5) is 0 Å². The Labute approximate surface area is 406 Å². The summed E-state index contributed by atoms with van der Waals surface area (Å²) in [7, 11) is 1.38. The quantitative estimate of drug-likeness (QED) is 0.0259. The lowest BCUT2D eigenvalue weighted by atomic mass is 10.0. The maximum absolute atomic E-state index is 12.8. The number of hydrogen-bond acceptors (Lipinski definition) is 7. The molecule has 0 rings (SSSR count). The molecule has 0 aliphatic rings. The highest BCUT2D eigenvalue weighted by molar-refractivity contribution is 7.45. The molecule has 390 valence electrons. The fourth-order valence-corrected chi connectivity index (χ4v) is 9.46. The molecule has 0 aliphatic heterocycles. The molecule has 0 amide bonds. The molecule has 0 radical (unpaired) electrons. The van der Waals surface area contributed by atoms with Crippen LogP contribution in [0.1, 0.15) is 296 Å². The van der Waals surface area contributed by atoms with Gasteiger partial charge in [0.05, 0.1) is 34.4 Å². The second kappa shape index (κ2) is 49.9.